The lowest BCUT2D eigenvalue weighted by Crippen LogP contribution is -2.09. The first-order valence-electron chi connectivity index (χ1n) is 5.14. The maximum Gasteiger partial charge on any atom is 0.260 e. The first-order valence-corrected chi connectivity index (χ1v) is 6.75. The van der Waals surface area contributed by atoms with Crippen LogP contribution >= 0.6 is 27.3 Å². The van der Waals surface area contributed by atoms with E-state index in [1.807, 2.05) is 18.2 Å². The Kier molecular flexibility index (Phi) is 3.68. The fraction of sp³-hybridized carbons (Fsp3) is 0.167. The standard InChI is InChI=1S/C12H11BrN2O2S/c1-6-10(11(14)16)18-12(15-6)8-5-7(13)3-4-9(8)17-2/h3-5H,1-2H3,(H2,14,16). The topological polar surface area (TPSA) is 65.2 Å². The van der Waals surface area contributed by atoms with Crippen LogP contribution in [0.3, 0.4) is 0 Å². The van der Waals surface area contributed by atoms with Gasteiger partial charge in [0.1, 0.15) is 15.6 Å². The van der Waals surface area contributed by atoms with Crippen molar-refractivity contribution in [3.05, 3.63) is 33.2 Å². The zero-order chi connectivity index (χ0) is 13.3. The number of aryl methyl sites for hydroxylation is 1. The summed E-state index contributed by atoms with van der Waals surface area (Å²) in [5.74, 6) is 0.258. The third kappa shape index (κ3) is 2.39. The van der Waals surface area contributed by atoms with Crippen molar-refractivity contribution in [1.29, 1.82) is 0 Å². The maximum absolute atomic E-state index is 11.2. The molecule has 6 heteroatoms. The van der Waals surface area contributed by atoms with Crippen molar-refractivity contribution in [3.8, 4) is 16.3 Å². The summed E-state index contributed by atoms with van der Waals surface area (Å²) in [7, 11) is 1.60. The predicted octanol–water partition coefficient (Wildman–Crippen LogP) is 2.99. The number of carbonyl (C=O) groups excluding carboxylic acids is 1. The first-order chi connectivity index (χ1) is 8.52. The number of nitrogens with two attached hydrogens (primary N) is 1. The van der Waals surface area contributed by atoms with Crippen molar-refractivity contribution >= 4 is 33.2 Å². The molecule has 0 unspecified atom stereocenters. The van der Waals surface area contributed by atoms with Crippen LogP contribution in [0.4, 0.5) is 0 Å². The van der Waals surface area contributed by atoms with Crippen molar-refractivity contribution in [1.82, 2.24) is 4.98 Å². The Labute approximate surface area is 117 Å². The van der Waals surface area contributed by atoms with Crippen LogP contribution in [-0.2, 0) is 0 Å². The number of hydrogen-bond donors (Lipinski definition) is 1. The summed E-state index contributed by atoms with van der Waals surface area (Å²) in [6.45, 7) is 1.77. The van der Waals surface area contributed by atoms with Crippen molar-refractivity contribution in [2.24, 2.45) is 5.73 Å². The molecule has 1 heterocycles. The molecule has 0 aliphatic carbocycles. The Morgan fingerprint density at radius 1 is 1.50 bits per heavy atom. The van der Waals surface area contributed by atoms with E-state index >= 15 is 0 Å². The lowest BCUT2D eigenvalue weighted by atomic mass is 10.2. The Hall–Kier alpha value is -1.40. The minimum Gasteiger partial charge on any atom is -0.496 e. The molecule has 18 heavy (non-hydrogen) atoms. The highest BCUT2D eigenvalue weighted by Gasteiger charge is 2.16. The highest BCUT2D eigenvalue weighted by atomic mass is 79.9. The SMILES string of the molecule is COc1ccc(Br)cc1-c1nc(C)c(C(N)=O)s1. The van der Waals surface area contributed by atoms with Gasteiger partial charge in [0.25, 0.3) is 5.91 Å². The Balaban J connectivity index is 2.58. The summed E-state index contributed by atoms with van der Waals surface area (Å²) >= 11 is 4.68. The van der Waals surface area contributed by atoms with E-state index in [9.17, 15) is 4.79 Å². The number of aromatic nitrogens is 1. The lowest BCUT2D eigenvalue weighted by Gasteiger charge is -2.05. The minimum atomic E-state index is -0.454. The monoisotopic (exact) mass is 326 g/mol. The molecule has 1 aromatic heterocycles. The van der Waals surface area contributed by atoms with Crippen molar-refractivity contribution in [2.75, 3.05) is 7.11 Å². The predicted molar refractivity (Wildman–Crippen MR) is 75.1 cm³/mol. The Morgan fingerprint density at radius 2 is 2.22 bits per heavy atom. The third-order valence-electron chi connectivity index (χ3n) is 2.41. The minimum absolute atomic E-state index is 0.454. The molecule has 2 rings (SSSR count). The molecular formula is C12H11BrN2O2S. The smallest absolute Gasteiger partial charge is 0.260 e. The summed E-state index contributed by atoms with van der Waals surface area (Å²) < 4.78 is 6.22. The van der Waals surface area contributed by atoms with Gasteiger partial charge in [-0.25, -0.2) is 4.98 Å². The van der Waals surface area contributed by atoms with Crippen LogP contribution in [-0.4, -0.2) is 18.0 Å². The van der Waals surface area contributed by atoms with Gasteiger partial charge < -0.3 is 10.5 Å². The van der Waals surface area contributed by atoms with Gasteiger partial charge in [-0.15, -0.1) is 11.3 Å². The number of ether oxygens (including phenoxy) is 1. The highest BCUT2D eigenvalue weighted by molar-refractivity contribution is 9.10. The van der Waals surface area contributed by atoms with Gasteiger partial charge in [-0.3, -0.25) is 4.79 Å². The van der Waals surface area contributed by atoms with E-state index in [1.54, 1.807) is 14.0 Å². The molecule has 0 bridgehead atoms. The zero-order valence-corrected chi connectivity index (χ0v) is 12.3. The van der Waals surface area contributed by atoms with E-state index in [0.29, 0.717) is 16.3 Å². The van der Waals surface area contributed by atoms with Crippen molar-refractivity contribution < 1.29 is 9.53 Å². The number of methoxy groups -OCH3 is 1. The molecule has 0 saturated carbocycles. The summed E-state index contributed by atoms with van der Waals surface area (Å²) in [4.78, 5) is 16.1. The van der Waals surface area contributed by atoms with Gasteiger partial charge in [0.2, 0.25) is 0 Å². The molecule has 0 aliphatic rings. The molecule has 0 atom stereocenters. The van der Waals surface area contributed by atoms with Gasteiger partial charge in [-0.05, 0) is 25.1 Å². The quantitative estimate of drug-likeness (QED) is 0.942. The van der Waals surface area contributed by atoms with Gasteiger partial charge in [-0.1, -0.05) is 15.9 Å². The number of thiazole rings is 1. The van der Waals surface area contributed by atoms with Crippen LogP contribution in [0, 0.1) is 6.92 Å². The highest BCUT2D eigenvalue weighted by Crippen LogP contribution is 2.36. The van der Waals surface area contributed by atoms with Gasteiger partial charge in [0, 0.05) is 4.47 Å². The molecule has 2 aromatic rings. The first kappa shape index (κ1) is 13.0. The number of amides is 1. The van der Waals surface area contributed by atoms with Crippen LogP contribution in [0.1, 0.15) is 15.4 Å². The molecule has 1 aromatic carbocycles. The van der Waals surface area contributed by atoms with E-state index in [2.05, 4.69) is 20.9 Å². The molecule has 0 saturated heterocycles. The number of benzene rings is 1. The van der Waals surface area contributed by atoms with Crippen LogP contribution < -0.4 is 10.5 Å². The largest absolute Gasteiger partial charge is 0.496 e. The number of hydrogen-bond acceptors (Lipinski definition) is 4. The number of halogens is 1. The summed E-state index contributed by atoms with van der Waals surface area (Å²) in [6.07, 6.45) is 0. The number of rotatable bonds is 3. The maximum atomic E-state index is 11.2. The van der Waals surface area contributed by atoms with Crippen LogP contribution in [0.25, 0.3) is 10.6 Å². The molecule has 0 aliphatic heterocycles. The summed E-state index contributed by atoms with van der Waals surface area (Å²) in [6, 6.07) is 5.64. The van der Waals surface area contributed by atoms with Crippen molar-refractivity contribution in [3.63, 3.8) is 0 Å². The molecule has 1 amide bonds. The van der Waals surface area contributed by atoms with Crippen LogP contribution in [0.5, 0.6) is 5.75 Å². The molecule has 0 spiro atoms. The fourth-order valence-corrected chi connectivity index (χ4v) is 2.89. The van der Waals surface area contributed by atoms with E-state index in [1.165, 1.54) is 11.3 Å². The number of carbonyl (C=O) groups is 1. The molecular weight excluding hydrogens is 316 g/mol. The van der Waals surface area contributed by atoms with E-state index in [-0.39, 0.29) is 0 Å². The summed E-state index contributed by atoms with van der Waals surface area (Å²) in [5.41, 5.74) is 6.78. The third-order valence-corrected chi connectivity index (χ3v) is 4.11. The van der Waals surface area contributed by atoms with Gasteiger partial charge in [0.05, 0.1) is 18.4 Å². The lowest BCUT2D eigenvalue weighted by molar-refractivity contribution is 0.100. The Morgan fingerprint density at radius 3 is 2.78 bits per heavy atom. The van der Waals surface area contributed by atoms with E-state index in [0.717, 1.165) is 15.0 Å². The molecule has 0 radical (unpaired) electrons. The van der Waals surface area contributed by atoms with Crippen molar-refractivity contribution in [2.45, 2.75) is 6.92 Å². The molecule has 94 valence electrons. The van der Waals surface area contributed by atoms with Gasteiger partial charge >= 0.3 is 0 Å². The Bertz CT molecular complexity index is 610. The molecule has 0 fully saturated rings. The normalized spacial score (nSPS) is 10.4. The van der Waals surface area contributed by atoms with Gasteiger partial charge in [-0.2, -0.15) is 0 Å². The zero-order valence-electron chi connectivity index (χ0n) is 9.86. The van der Waals surface area contributed by atoms with E-state index in [4.69, 9.17) is 10.5 Å². The second kappa shape index (κ2) is 5.07. The average Bonchev–Trinajstić information content (AvgIpc) is 2.71. The van der Waals surface area contributed by atoms with E-state index < -0.39 is 5.91 Å². The fourth-order valence-electron chi connectivity index (χ4n) is 1.59. The summed E-state index contributed by atoms with van der Waals surface area (Å²) in [5, 5.41) is 0.722. The van der Waals surface area contributed by atoms with Crippen LogP contribution in [0.15, 0.2) is 22.7 Å². The van der Waals surface area contributed by atoms with Crippen LogP contribution in [0.2, 0.25) is 0 Å². The molecule has 4 nitrogen and oxygen atoms in total. The van der Waals surface area contributed by atoms with Gasteiger partial charge in [0.15, 0.2) is 0 Å². The second-order valence-corrected chi connectivity index (χ2v) is 5.56. The second-order valence-electron chi connectivity index (χ2n) is 3.64. The number of primary amides is 1. The number of nitrogens with zero attached hydrogens (tertiary/aromatic N) is 1. The molecule has 2 N–H and O–H groups in total. The average molecular weight is 327 g/mol.